The molecule has 7 heteroatoms. The molecular formula is C13H15N3O4. The molecule has 1 aromatic heterocycles. The van der Waals surface area contributed by atoms with E-state index < -0.39 is 17.6 Å². The van der Waals surface area contributed by atoms with Gasteiger partial charge in [0.25, 0.3) is 5.91 Å². The third-order valence-electron chi connectivity index (χ3n) is 3.25. The van der Waals surface area contributed by atoms with Crippen LogP contribution >= 0.6 is 0 Å². The van der Waals surface area contributed by atoms with Crippen molar-refractivity contribution >= 4 is 11.7 Å². The van der Waals surface area contributed by atoms with Gasteiger partial charge in [0.05, 0.1) is 18.8 Å². The number of anilines is 1. The molecule has 0 radical (unpaired) electrons. The molecule has 0 fully saturated rings. The number of nitrogens with zero attached hydrogens (tertiary/aromatic N) is 3. The standard InChI is InChI=1S/C13H15N3O4/c1-7-10(19-4)12(18)16(11(7)17)9-5-8(20-15-9)13(2,3)6-14/h5,12,18H,1-4H3. The lowest BCUT2D eigenvalue weighted by Crippen LogP contribution is -2.36. The summed E-state index contributed by atoms with van der Waals surface area (Å²) in [6.45, 7) is 4.90. The van der Waals surface area contributed by atoms with Gasteiger partial charge in [0.2, 0.25) is 0 Å². The molecule has 0 aromatic carbocycles. The van der Waals surface area contributed by atoms with Gasteiger partial charge in [-0.15, -0.1) is 0 Å². The van der Waals surface area contributed by atoms with Crippen molar-refractivity contribution in [1.82, 2.24) is 5.16 Å². The molecule has 1 N–H and O–H groups in total. The number of aliphatic hydroxyl groups is 1. The molecule has 2 rings (SSSR count). The average molecular weight is 277 g/mol. The second-order valence-electron chi connectivity index (χ2n) is 5.03. The van der Waals surface area contributed by atoms with Crippen molar-refractivity contribution in [2.75, 3.05) is 12.0 Å². The second kappa shape index (κ2) is 4.65. The predicted octanol–water partition coefficient (Wildman–Crippen LogP) is 1.06. The maximum absolute atomic E-state index is 12.1. The highest BCUT2D eigenvalue weighted by molar-refractivity contribution is 6.08. The van der Waals surface area contributed by atoms with E-state index in [1.54, 1.807) is 20.8 Å². The molecule has 20 heavy (non-hydrogen) atoms. The van der Waals surface area contributed by atoms with E-state index >= 15 is 0 Å². The van der Waals surface area contributed by atoms with Crippen molar-refractivity contribution in [2.24, 2.45) is 0 Å². The van der Waals surface area contributed by atoms with Gasteiger partial charge >= 0.3 is 0 Å². The minimum Gasteiger partial charge on any atom is -0.496 e. The monoisotopic (exact) mass is 277 g/mol. The Bertz CT molecular complexity index is 624. The smallest absolute Gasteiger partial charge is 0.261 e. The summed E-state index contributed by atoms with van der Waals surface area (Å²) >= 11 is 0. The first kappa shape index (κ1) is 14.1. The number of carbonyl (C=O) groups excluding carboxylic acids is 1. The molecule has 0 spiro atoms. The van der Waals surface area contributed by atoms with E-state index in [1.165, 1.54) is 13.2 Å². The van der Waals surface area contributed by atoms with Crippen molar-refractivity contribution in [3.05, 3.63) is 23.2 Å². The number of hydrogen-bond acceptors (Lipinski definition) is 6. The van der Waals surface area contributed by atoms with Crippen LogP contribution in [-0.2, 0) is 14.9 Å². The molecular weight excluding hydrogens is 262 g/mol. The van der Waals surface area contributed by atoms with Gasteiger partial charge in [-0.05, 0) is 20.8 Å². The Hall–Kier alpha value is -2.33. The Kier molecular flexibility index (Phi) is 3.28. The quantitative estimate of drug-likeness (QED) is 0.886. The van der Waals surface area contributed by atoms with Gasteiger partial charge in [0, 0.05) is 6.07 Å². The van der Waals surface area contributed by atoms with Crippen LogP contribution in [-0.4, -0.2) is 29.5 Å². The highest BCUT2D eigenvalue weighted by atomic mass is 16.5. The Morgan fingerprint density at radius 3 is 2.75 bits per heavy atom. The minimum atomic E-state index is -1.24. The van der Waals surface area contributed by atoms with Crippen LogP contribution < -0.4 is 4.90 Å². The summed E-state index contributed by atoms with van der Waals surface area (Å²) < 4.78 is 10.1. The van der Waals surface area contributed by atoms with Gasteiger partial charge < -0.3 is 14.4 Å². The van der Waals surface area contributed by atoms with Crippen LogP contribution in [0.1, 0.15) is 26.5 Å². The van der Waals surface area contributed by atoms with E-state index in [1.807, 2.05) is 0 Å². The lowest BCUT2D eigenvalue weighted by Gasteiger charge is -2.18. The summed E-state index contributed by atoms with van der Waals surface area (Å²) in [6, 6.07) is 3.55. The molecule has 1 aromatic rings. The molecule has 1 aliphatic rings. The van der Waals surface area contributed by atoms with E-state index in [9.17, 15) is 9.90 Å². The highest BCUT2D eigenvalue weighted by Gasteiger charge is 2.40. The summed E-state index contributed by atoms with van der Waals surface area (Å²) in [6.07, 6.45) is -1.24. The molecule has 2 heterocycles. The van der Waals surface area contributed by atoms with Crippen LogP contribution in [0.15, 0.2) is 21.9 Å². The van der Waals surface area contributed by atoms with E-state index in [0.717, 1.165) is 4.90 Å². The van der Waals surface area contributed by atoms with E-state index in [-0.39, 0.29) is 11.6 Å². The van der Waals surface area contributed by atoms with Crippen LogP contribution in [0.5, 0.6) is 0 Å². The van der Waals surface area contributed by atoms with Crippen molar-refractivity contribution in [2.45, 2.75) is 32.4 Å². The number of ether oxygens (including phenoxy) is 1. The Morgan fingerprint density at radius 2 is 2.25 bits per heavy atom. The Balaban J connectivity index is 2.36. The molecule has 1 atom stereocenters. The number of aliphatic hydroxyl groups excluding tert-OH is 1. The minimum absolute atomic E-state index is 0.146. The first-order valence-electron chi connectivity index (χ1n) is 5.98. The van der Waals surface area contributed by atoms with Crippen LogP contribution in [0.2, 0.25) is 0 Å². The summed E-state index contributed by atoms with van der Waals surface area (Å²) in [5.74, 6) is 0.230. The van der Waals surface area contributed by atoms with Crippen molar-refractivity contribution in [3.8, 4) is 6.07 Å². The zero-order chi connectivity index (χ0) is 15.1. The third-order valence-corrected chi connectivity index (χ3v) is 3.25. The molecule has 0 saturated carbocycles. The van der Waals surface area contributed by atoms with Gasteiger partial charge in [-0.2, -0.15) is 5.26 Å². The Labute approximate surface area is 116 Å². The fourth-order valence-corrected chi connectivity index (χ4v) is 1.92. The molecule has 1 unspecified atom stereocenters. The third kappa shape index (κ3) is 1.94. The fourth-order valence-electron chi connectivity index (χ4n) is 1.92. The lowest BCUT2D eigenvalue weighted by atomic mass is 9.92. The number of carbonyl (C=O) groups is 1. The zero-order valence-corrected chi connectivity index (χ0v) is 11.7. The van der Waals surface area contributed by atoms with Gasteiger partial charge in [-0.1, -0.05) is 5.16 Å². The number of methoxy groups -OCH3 is 1. The second-order valence-corrected chi connectivity index (χ2v) is 5.03. The first-order chi connectivity index (χ1) is 9.33. The van der Waals surface area contributed by atoms with E-state index in [4.69, 9.17) is 14.5 Å². The van der Waals surface area contributed by atoms with E-state index in [0.29, 0.717) is 11.3 Å². The largest absolute Gasteiger partial charge is 0.496 e. The summed E-state index contributed by atoms with van der Waals surface area (Å²) in [5.41, 5.74) is -0.560. The summed E-state index contributed by atoms with van der Waals surface area (Å²) in [4.78, 5) is 13.2. The molecule has 1 aliphatic heterocycles. The topological polar surface area (TPSA) is 99.6 Å². The first-order valence-corrected chi connectivity index (χ1v) is 5.98. The zero-order valence-electron chi connectivity index (χ0n) is 11.7. The number of rotatable bonds is 3. The maximum atomic E-state index is 12.1. The Morgan fingerprint density at radius 1 is 1.60 bits per heavy atom. The molecule has 7 nitrogen and oxygen atoms in total. The molecule has 0 bridgehead atoms. The molecule has 0 aliphatic carbocycles. The van der Waals surface area contributed by atoms with Crippen LogP contribution in [0.4, 0.5) is 5.82 Å². The normalized spacial score (nSPS) is 19.5. The predicted molar refractivity (Wildman–Crippen MR) is 68.3 cm³/mol. The van der Waals surface area contributed by atoms with Crippen molar-refractivity contribution in [3.63, 3.8) is 0 Å². The average Bonchev–Trinajstić information content (AvgIpc) is 2.96. The highest BCUT2D eigenvalue weighted by Crippen LogP contribution is 2.32. The number of amides is 1. The van der Waals surface area contributed by atoms with Crippen LogP contribution in [0.25, 0.3) is 0 Å². The number of aromatic nitrogens is 1. The number of hydrogen-bond donors (Lipinski definition) is 1. The lowest BCUT2D eigenvalue weighted by molar-refractivity contribution is -0.115. The van der Waals surface area contributed by atoms with Crippen LogP contribution in [0.3, 0.4) is 0 Å². The van der Waals surface area contributed by atoms with E-state index in [2.05, 4.69) is 11.2 Å². The van der Waals surface area contributed by atoms with Gasteiger partial charge in [0.15, 0.2) is 23.6 Å². The molecule has 106 valence electrons. The number of nitriles is 1. The SMILES string of the molecule is COC1=C(C)C(=O)N(c2cc(C(C)(C)C#N)on2)C1O. The van der Waals surface area contributed by atoms with Crippen LogP contribution in [0, 0.1) is 11.3 Å². The van der Waals surface area contributed by atoms with Gasteiger partial charge in [-0.25, -0.2) is 0 Å². The summed E-state index contributed by atoms with van der Waals surface area (Å²) in [7, 11) is 1.38. The van der Waals surface area contributed by atoms with Gasteiger partial charge in [-0.3, -0.25) is 9.69 Å². The van der Waals surface area contributed by atoms with Crippen molar-refractivity contribution < 1.29 is 19.2 Å². The molecule has 0 saturated heterocycles. The maximum Gasteiger partial charge on any atom is 0.261 e. The van der Waals surface area contributed by atoms with Crippen molar-refractivity contribution in [1.29, 1.82) is 5.26 Å². The summed E-state index contributed by atoms with van der Waals surface area (Å²) in [5, 5.41) is 22.9. The fraction of sp³-hybridized carbons (Fsp3) is 0.462. The van der Waals surface area contributed by atoms with Gasteiger partial charge in [0.1, 0.15) is 5.41 Å². The molecule has 1 amide bonds.